The van der Waals surface area contributed by atoms with Crippen molar-refractivity contribution in [3.8, 4) is 0 Å². The number of hydrogen-bond acceptors (Lipinski definition) is 4. The van der Waals surface area contributed by atoms with E-state index in [4.69, 9.17) is 4.74 Å². The second-order valence-electron chi connectivity index (χ2n) is 8.71. The summed E-state index contributed by atoms with van der Waals surface area (Å²) in [5.74, 6) is -2.84. The second-order valence-corrected chi connectivity index (χ2v) is 8.71. The number of amides is 2. The van der Waals surface area contributed by atoms with Gasteiger partial charge in [0.25, 0.3) is 5.91 Å². The number of nitrogens with one attached hydrogen (secondary N) is 1. The lowest BCUT2D eigenvalue weighted by Crippen LogP contribution is -2.39. The summed E-state index contributed by atoms with van der Waals surface area (Å²) in [6.07, 6.45) is -0.604. The molecule has 0 aliphatic carbocycles. The number of carbonyl (C=O) groups excluding carboxylic acids is 2. The Kier molecular flexibility index (Phi) is 7.58. The molecule has 1 aliphatic heterocycles. The minimum absolute atomic E-state index is 0.134. The Morgan fingerprint density at radius 2 is 1.92 bits per heavy atom. The van der Waals surface area contributed by atoms with Crippen molar-refractivity contribution in [2.24, 2.45) is 0 Å². The molecule has 0 bridgehead atoms. The third kappa shape index (κ3) is 5.51. The molecule has 2 amide bonds. The molecule has 11 heteroatoms. The molecule has 1 fully saturated rings. The molecular weight excluding hydrogens is 480 g/mol. The van der Waals surface area contributed by atoms with Gasteiger partial charge in [-0.1, -0.05) is 12.1 Å². The van der Waals surface area contributed by atoms with Gasteiger partial charge in [0.05, 0.1) is 12.1 Å². The van der Waals surface area contributed by atoms with Crippen molar-refractivity contribution >= 4 is 22.7 Å². The molecule has 3 heterocycles. The Balaban J connectivity index is 1.45. The maximum atomic E-state index is 14.6. The van der Waals surface area contributed by atoms with E-state index in [2.05, 4.69) is 4.98 Å². The zero-order chi connectivity index (χ0) is 25.9. The second kappa shape index (κ2) is 10.7. The highest BCUT2D eigenvalue weighted by atomic mass is 19.4. The van der Waals surface area contributed by atoms with Crippen molar-refractivity contribution in [2.75, 3.05) is 26.8 Å². The number of benzene rings is 1. The number of nitrogens with zero attached hydrogens (tertiary/aromatic N) is 3. The number of halogens is 4. The largest absolute Gasteiger partial charge is 0.471 e. The molecule has 0 radical (unpaired) electrons. The Labute approximate surface area is 205 Å². The highest BCUT2D eigenvalue weighted by Crippen LogP contribution is 2.32. The van der Waals surface area contributed by atoms with Crippen molar-refractivity contribution in [1.82, 2.24) is 19.8 Å². The van der Waals surface area contributed by atoms with Gasteiger partial charge in [-0.25, -0.2) is 4.39 Å². The SMILES string of the molecule is COCCn1c(C(=O)N2CCC(c3cc(CNC(=O)C(F)(F)F)ccc3F)CC2)cc2cnccc21. The van der Waals surface area contributed by atoms with Crippen molar-refractivity contribution in [3.05, 3.63) is 65.4 Å². The molecular formula is C25H26F4N4O3. The Hall–Kier alpha value is -3.47. The van der Waals surface area contributed by atoms with E-state index in [0.717, 1.165) is 10.9 Å². The van der Waals surface area contributed by atoms with Crippen molar-refractivity contribution < 1.29 is 31.9 Å². The number of carbonyl (C=O) groups is 2. The van der Waals surface area contributed by atoms with Crippen LogP contribution in [0, 0.1) is 5.82 Å². The smallest absolute Gasteiger partial charge is 0.383 e. The molecule has 36 heavy (non-hydrogen) atoms. The lowest BCUT2D eigenvalue weighted by molar-refractivity contribution is -0.173. The lowest BCUT2D eigenvalue weighted by atomic mass is 9.88. The number of alkyl halides is 3. The predicted molar refractivity (Wildman–Crippen MR) is 124 cm³/mol. The standard InChI is InChI=1S/C25H26F4N4O3/c1-36-11-10-33-21-4-7-30-15-18(21)13-22(33)23(34)32-8-5-17(6-9-32)19-12-16(2-3-20(19)26)14-31-24(35)25(27,28)29/h2-4,7,12-13,15,17H,5-6,8-11,14H2,1H3,(H,31,35). The molecule has 0 atom stereocenters. The van der Waals surface area contributed by atoms with Gasteiger partial charge in [0.1, 0.15) is 11.5 Å². The number of fused-ring (bicyclic) bond motifs is 1. The number of methoxy groups -OCH3 is 1. The molecule has 2 aromatic heterocycles. The van der Waals surface area contributed by atoms with Gasteiger partial charge in [-0.2, -0.15) is 13.2 Å². The van der Waals surface area contributed by atoms with Crippen LogP contribution < -0.4 is 5.32 Å². The minimum atomic E-state index is -4.98. The molecule has 1 saturated heterocycles. The monoisotopic (exact) mass is 506 g/mol. The first-order valence-electron chi connectivity index (χ1n) is 11.5. The van der Waals surface area contributed by atoms with Gasteiger partial charge in [-0.15, -0.1) is 0 Å². The molecule has 7 nitrogen and oxygen atoms in total. The van der Waals surface area contributed by atoms with Gasteiger partial charge in [-0.05, 0) is 48.1 Å². The number of hydrogen-bond donors (Lipinski definition) is 1. The highest BCUT2D eigenvalue weighted by Gasteiger charge is 2.38. The van der Waals surface area contributed by atoms with Crippen LogP contribution in [0.3, 0.4) is 0 Å². The van der Waals surface area contributed by atoms with Crippen LogP contribution in [0.15, 0.2) is 42.7 Å². The minimum Gasteiger partial charge on any atom is -0.383 e. The van der Waals surface area contributed by atoms with E-state index in [1.54, 1.807) is 29.7 Å². The zero-order valence-electron chi connectivity index (χ0n) is 19.6. The summed E-state index contributed by atoms with van der Waals surface area (Å²) >= 11 is 0. The lowest BCUT2D eigenvalue weighted by Gasteiger charge is -2.32. The van der Waals surface area contributed by atoms with E-state index in [1.165, 1.54) is 18.2 Å². The van der Waals surface area contributed by atoms with Crippen LogP contribution in [-0.4, -0.2) is 59.2 Å². The first-order chi connectivity index (χ1) is 17.2. The normalized spacial score (nSPS) is 14.9. The van der Waals surface area contributed by atoms with Gasteiger partial charge in [0.15, 0.2) is 0 Å². The fourth-order valence-electron chi connectivity index (χ4n) is 4.57. The Bertz CT molecular complexity index is 1250. The summed E-state index contributed by atoms with van der Waals surface area (Å²) in [6.45, 7) is 1.39. The number of rotatable bonds is 7. The van der Waals surface area contributed by atoms with Gasteiger partial charge < -0.3 is 19.5 Å². The fourth-order valence-corrected chi connectivity index (χ4v) is 4.57. The van der Waals surface area contributed by atoms with E-state index in [9.17, 15) is 27.2 Å². The van der Waals surface area contributed by atoms with Crippen molar-refractivity contribution in [3.63, 3.8) is 0 Å². The Morgan fingerprint density at radius 1 is 1.17 bits per heavy atom. The van der Waals surface area contributed by atoms with Gasteiger partial charge in [0.2, 0.25) is 0 Å². The van der Waals surface area contributed by atoms with Crippen LogP contribution in [0.25, 0.3) is 10.9 Å². The fraction of sp³-hybridized carbons (Fsp3) is 0.400. The van der Waals surface area contributed by atoms with Gasteiger partial charge >= 0.3 is 12.1 Å². The first-order valence-corrected chi connectivity index (χ1v) is 11.5. The number of ether oxygens (including phenoxy) is 1. The highest BCUT2D eigenvalue weighted by molar-refractivity contribution is 5.98. The third-order valence-corrected chi connectivity index (χ3v) is 6.43. The zero-order valence-corrected chi connectivity index (χ0v) is 19.6. The third-order valence-electron chi connectivity index (χ3n) is 6.43. The van der Waals surface area contributed by atoms with Crippen molar-refractivity contribution in [1.29, 1.82) is 0 Å². The molecule has 192 valence electrons. The van der Waals surface area contributed by atoms with Crippen LogP contribution in [0.4, 0.5) is 17.6 Å². The summed E-state index contributed by atoms with van der Waals surface area (Å²) in [5, 5.41) is 2.65. The van der Waals surface area contributed by atoms with Gasteiger partial charge in [0, 0.05) is 51.1 Å². The molecule has 3 aromatic rings. The maximum Gasteiger partial charge on any atom is 0.471 e. The average molecular weight is 507 g/mol. The van der Waals surface area contributed by atoms with E-state index in [0.29, 0.717) is 55.9 Å². The molecule has 0 spiro atoms. The first kappa shape index (κ1) is 25.6. The summed E-state index contributed by atoms with van der Waals surface area (Å²) in [4.78, 5) is 30.3. The van der Waals surface area contributed by atoms with Crippen LogP contribution >= 0.6 is 0 Å². The quantitative estimate of drug-likeness (QED) is 0.492. The number of likely N-dealkylation sites (tertiary alicyclic amines) is 1. The van der Waals surface area contributed by atoms with Crippen LogP contribution in [-0.2, 0) is 22.6 Å². The number of pyridine rings is 1. The molecule has 4 rings (SSSR count). The van der Waals surface area contributed by atoms with Crippen LogP contribution in [0.2, 0.25) is 0 Å². The van der Waals surface area contributed by atoms with Crippen molar-refractivity contribution in [2.45, 2.75) is 38.0 Å². The molecule has 1 aromatic carbocycles. The Morgan fingerprint density at radius 3 is 2.61 bits per heavy atom. The van der Waals surface area contributed by atoms with E-state index in [1.807, 2.05) is 16.7 Å². The summed E-state index contributed by atoms with van der Waals surface area (Å²) in [7, 11) is 1.60. The number of piperidine rings is 1. The molecule has 0 saturated carbocycles. The van der Waals surface area contributed by atoms with Crippen LogP contribution in [0.1, 0.15) is 40.4 Å². The number of aromatic nitrogens is 2. The van der Waals surface area contributed by atoms with Gasteiger partial charge in [-0.3, -0.25) is 14.6 Å². The topological polar surface area (TPSA) is 76.5 Å². The van der Waals surface area contributed by atoms with E-state index < -0.39 is 17.9 Å². The molecule has 0 unspecified atom stereocenters. The summed E-state index contributed by atoms with van der Waals surface area (Å²) in [5.41, 5.74) is 2.17. The predicted octanol–water partition coefficient (Wildman–Crippen LogP) is 4.02. The molecule has 1 N–H and O–H groups in total. The summed E-state index contributed by atoms with van der Waals surface area (Å²) < 4.78 is 59.0. The average Bonchev–Trinajstić information content (AvgIpc) is 3.24. The van der Waals surface area contributed by atoms with E-state index >= 15 is 0 Å². The maximum absolute atomic E-state index is 14.6. The van der Waals surface area contributed by atoms with E-state index in [-0.39, 0.29) is 18.4 Å². The van der Waals surface area contributed by atoms with Crippen LogP contribution in [0.5, 0.6) is 0 Å². The summed E-state index contributed by atoms with van der Waals surface area (Å²) in [6, 6.07) is 7.70. The molecule has 1 aliphatic rings.